The molecule has 2 N–H and O–H groups in total. The first-order valence-electron chi connectivity index (χ1n) is 5.40. The lowest BCUT2D eigenvalue weighted by Crippen LogP contribution is -2.41. The standard InChI is InChI=1S/C11H16BrNS3/c1-7-11(15-5-4-14-7)9(13)6-8-2-3-10(12)16-8/h2-3,7,9,11H,4-6,13H2,1H3. The van der Waals surface area contributed by atoms with Crippen LogP contribution in [0.15, 0.2) is 15.9 Å². The summed E-state index contributed by atoms with van der Waals surface area (Å²) in [6.45, 7) is 2.31. The first-order valence-corrected chi connectivity index (χ1v) is 9.10. The molecule has 0 bridgehead atoms. The van der Waals surface area contributed by atoms with E-state index >= 15 is 0 Å². The highest BCUT2D eigenvalue weighted by atomic mass is 79.9. The summed E-state index contributed by atoms with van der Waals surface area (Å²) in [6, 6.07) is 4.58. The quantitative estimate of drug-likeness (QED) is 0.912. The zero-order chi connectivity index (χ0) is 11.5. The van der Waals surface area contributed by atoms with Crippen molar-refractivity contribution >= 4 is 50.8 Å². The van der Waals surface area contributed by atoms with Gasteiger partial charge in [-0.1, -0.05) is 6.92 Å². The topological polar surface area (TPSA) is 26.0 Å². The van der Waals surface area contributed by atoms with Gasteiger partial charge in [-0.05, 0) is 34.5 Å². The maximum atomic E-state index is 6.34. The Morgan fingerprint density at radius 1 is 1.44 bits per heavy atom. The number of halogens is 1. The van der Waals surface area contributed by atoms with E-state index in [1.54, 1.807) is 11.3 Å². The van der Waals surface area contributed by atoms with Crippen LogP contribution in [-0.4, -0.2) is 28.0 Å². The van der Waals surface area contributed by atoms with Gasteiger partial charge in [-0.25, -0.2) is 0 Å². The van der Waals surface area contributed by atoms with Crippen molar-refractivity contribution in [2.45, 2.75) is 29.9 Å². The Morgan fingerprint density at radius 3 is 2.81 bits per heavy atom. The molecule has 0 spiro atoms. The first kappa shape index (κ1) is 13.3. The average Bonchev–Trinajstić information content (AvgIpc) is 2.64. The Balaban J connectivity index is 1.93. The normalized spacial score (nSPS) is 27.9. The number of hydrogen-bond donors (Lipinski definition) is 1. The molecule has 16 heavy (non-hydrogen) atoms. The summed E-state index contributed by atoms with van der Waals surface area (Å²) in [5, 5.41) is 1.30. The van der Waals surface area contributed by atoms with Crippen LogP contribution in [0.3, 0.4) is 0 Å². The average molecular weight is 338 g/mol. The highest BCUT2D eigenvalue weighted by molar-refractivity contribution is 9.11. The van der Waals surface area contributed by atoms with E-state index in [1.807, 2.05) is 0 Å². The third kappa shape index (κ3) is 3.42. The lowest BCUT2D eigenvalue weighted by atomic mass is 10.1. The zero-order valence-corrected chi connectivity index (χ0v) is 13.2. The van der Waals surface area contributed by atoms with E-state index in [-0.39, 0.29) is 0 Å². The maximum absolute atomic E-state index is 6.34. The summed E-state index contributed by atoms with van der Waals surface area (Å²) in [7, 11) is 0. The molecule has 0 saturated carbocycles. The molecule has 1 aliphatic heterocycles. The van der Waals surface area contributed by atoms with Gasteiger partial charge in [0.25, 0.3) is 0 Å². The van der Waals surface area contributed by atoms with E-state index in [4.69, 9.17) is 5.73 Å². The predicted octanol–water partition coefficient (Wildman–Crippen LogP) is 3.62. The van der Waals surface area contributed by atoms with Gasteiger partial charge in [0, 0.05) is 32.9 Å². The number of thioether (sulfide) groups is 2. The van der Waals surface area contributed by atoms with E-state index in [9.17, 15) is 0 Å². The second-order valence-corrected chi connectivity index (χ2v) is 9.30. The Hall–Kier alpha value is 0.840. The summed E-state index contributed by atoms with van der Waals surface area (Å²) >= 11 is 9.42. The Bertz CT molecular complexity index is 342. The lowest BCUT2D eigenvalue weighted by Gasteiger charge is -2.32. The third-order valence-electron chi connectivity index (χ3n) is 2.72. The first-order chi connectivity index (χ1) is 7.66. The van der Waals surface area contributed by atoms with E-state index in [0.717, 1.165) is 6.42 Å². The molecule has 1 aromatic heterocycles. The van der Waals surface area contributed by atoms with Crippen LogP contribution in [0.4, 0.5) is 0 Å². The van der Waals surface area contributed by atoms with E-state index < -0.39 is 0 Å². The van der Waals surface area contributed by atoms with Crippen molar-refractivity contribution in [2.75, 3.05) is 11.5 Å². The number of nitrogens with two attached hydrogens (primary N) is 1. The highest BCUT2D eigenvalue weighted by Gasteiger charge is 2.28. The molecule has 1 saturated heterocycles. The second-order valence-electron chi connectivity index (χ2n) is 3.99. The summed E-state index contributed by atoms with van der Waals surface area (Å²) in [5.41, 5.74) is 6.34. The van der Waals surface area contributed by atoms with Gasteiger partial charge >= 0.3 is 0 Å². The number of rotatable bonds is 3. The fourth-order valence-electron chi connectivity index (χ4n) is 1.93. The van der Waals surface area contributed by atoms with Gasteiger partial charge in [-0.3, -0.25) is 0 Å². The van der Waals surface area contributed by atoms with Crippen molar-refractivity contribution in [3.8, 4) is 0 Å². The summed E-state index contributed by atoms with van der Waals surface area (Å²) in [5.74, 6) is 2.53. The molecule has 1 fully saturated rings. The smallest absolute Gasteiger partial charge is 0.0701 e. The Morgan fingerprint density at radius 2 is 2.19 bits per heavy atom. The number of hydrogen-bond acceptors (Lipinski definition) is 4. The zero-order valence-electron chi connectivity index (χ0n) is 9.19. The summed E-state index contributed by atoms with van der Waals surface area (Å²) < 4.78 is 1.20. The van der Waals surface area contributed by atoms with Gasteiger partial charge in [-0.2, -0.15) is 23.5 Å². The van der Waals surface area contributed by atoms with Crippen molar-refractivity contribution in [3.05, 3.63) is 20.8 Å². The van der Waals surface area contributed by atoms with Crippen LogP contribution in [-0.2, 0) is 6.42 Å². The van der Waals surface area contributed by atoms with Gasteiger partial charge in [0.1, 0.15) is 0 Å². The highest BCUT2D eigenvalue weighted by Crippen LogP contribution is 2.34. The van der Waals surface area contributed by atoms with Crippen LogP contribution in [0.2, 0.25) is 0 Å². The van der Waals surface area contributed by atoms with Gasteiger partial charge in [0.05, 0.1) is 3.79 Å². The molecule has 2 heterocycles. The molecule has 0 aromatic carbocycles. The van der Waals surface area contributed by atoms with E-state index in [0.29, 0.717) is 16.5 Å². The minimum absolute atomic E-state index is 0.290. The predicted molar refractivity (Wildman–Crippen MR) is 81.9 cm³/mol. The lowest BCUT2D eigenvalue weighted by molar-refractivity contribution is 0.626. The maximum Gasteiger partial charge on any atom is 0.0701 e. The summed E-state index contributed by atoms with van der Waals surface area (Å²) in [6.07, 6.45) is 1.01. The number of thiophene rings is 1. The molecule has 0 aliphatic carbocycles. The van der Waals surface area contributed by atoms with Gasteiger partial charge in [0.2, 0.25) is 0 Å². The van der Waals surface area contributed by atoms with Crippen LogP contribution in [0, 0.1) is 0 Å². The minimum atomic E-state index is 0.290. The van der Waals surface area contributed by atoms with Gasteiger partial charge < -0.3 is 5.73 Å². The molecule has 3 unspecified atom stereocenters. The molecule has 0 amide bonds. The molecule has 1 aromatic rings. The van der Waals surface area contributed by atoms with Crippen LogP contribution >= 0.6 is 50.8 Å². The molecule has 1 aliphatic rings. The van der Waals surface area contributed by atoms with Crippen LogP contribution < -0.4 is 5.73 Å². The molecule has 3 atom stereocenters. The Kier molecular flexibility index (Phi) is 5.09. The molecule has 2 rings (SSSR count). The second kappa shape index (κ2) is 6.14. The SMILES string of the molecule is CC1SCCSC1C(N)Cc1ccc(Br)s1. The molecule has 0 radical (unpaired) electrons. The van der Waals surface area contributed by atoms with Crippen LogP contribution in [0.25, 0.3) is 0 Å². The molecule has 1 nitrogen and oxygen atoms in total. The Labute approximate surface area is 118 Å². The van der Waals surface area contributed by atoms with Gasteiger partial charge in [0.15, 0.2) is 0 Å². The third-order valence-corrected chi connectivity index (χ3v) is 7.64. The summed E-state index contributed by atoms with van der Waals surface area (Å²) in [4.78, 5) is 1.39. The monoisotopic (exact) mass is 337 g/mol. The van der Waals surface area contributed by atoms with Crippen molar-refractivity contribution < 1.29 is 0 Å². The van der Waals surface area contributed by atoms with Crippen molar-refractivity contribution in [1.29, 1.82) is 0 Å². The fraction of sp³-hybridized carbons (Fsp3) is 0.636. The van der Waals surface area contributed by atoms with E-state index in [1.165, 1.54) is 20.2 Å². The molecular weight excluding hydrogens is 322 g/mol. The fourth-order valence-corrected chi connectivity index (χ4v) is 6.38. The molecule has 5 heteroatoms. The van der Waals surface area contributed by atoms with E-state index in [2.05, 4.69) is 58.5 Å². The van der Waals surface area contributed by atoms with Crippen LogP contribution in [0.1, 0.15) is 11.8 Å². The molecule has 90 valence electrons. The largest absolute Gasteiger partial charge is 0.326 e. The van der Waals surface area contributed by atoms with Crippen molar-refractivity contribution in [2.24, 2.45) is 5.73 Å². The molecular formula is C11H16BrNS3. The van der Waals surface area contributed by atoms with Gasteiger partial charge in [-0.15, -0.1) is 11.3 Å². The van der Waals surface area contributed by atoms with Crippen molar-refractivity contribution in [3.63, 3.8) is 0 Å². The van der Waals surface area contributed by atoms with Crippen molar-refractivity contribution in [1.82, 2.24) is 0 Å². The van der Waals surface area contributed by atoms with Crippen LogP contribution in [0.5, 0.6) is 0 Å². The minimum Gasteiger partial charge on any atom is -0.326 e.